The smallest absolute Gasteiger partial charge is 0.0462 e. The molecule has 0 amide bonds. The van der Waals surface area contributed by atoms with Crippen LogP contribution in [0.15, 0.2) is 188 Å². The standard InChI is InChI=1S/C48H37N/c1-34-10-8-15-41(30-34)43-32-35(2)31-42(33-43)38-20-26-45(27-21-38)49(44-24-18-37(19-25-44)36-11-4-3-5-12-36)46-28-22-40(23-29-46)48-17-9-14-39-13-6-7-16-47(39)48/h3-33H,1-2H3. The zero-order chi connectivity index (χ0) is 33.2. The van der Waals surface area contributed by atoms with Crippen LogP contribution in [-0.2, 0) is 0 Å². The van der Waals surface area contributed by atoms with Crippen molar-refractivity contribution in [2.24, 2.45) is 0 Å². The molecule has 0 bridgehead atoms. The first-order valence-corrected chi connectivity index (χ1v) is 16.9. The highest BCUT2D eigenvalue weighted by Crippen LogP contribution is 2.39. The number of hydrogen-bond acceptors (Lipinski definition) is 1. The Balaban J connectivity index is 1.17. The van der Waals surface area contributed by atoms with Crippen molar-refractivity contribution in [3.05, 3.63) is 199 Å². The quantitative estimate of drug-likeness (QED) is 0.170. The van der Waals surface area contributed by atoms with Crippen molar-refractivity contribution >= 4 is 27.8 Å². The van der Waals surface area contributed by atoms with Crippen LogP contribution in [-0.4, -0.2) is 0 Å². The fourth-order valence-electron chi connectivity index (χ4n) is 6.89. The Morgan fingerprint density at radius 1 is 0.306 bits per heavy atom. The third-order valence-electron chi connectivity index (χ3n) is 9.35. The molecule has 8 aromatic carbocycles. The molecule has 0 aliphatic rings. The Labute approximate surface area is 289 Å². The van der Waals surface area contributed by atoms with Crippen molar-refractivity contribution in [3.63, 3.8) is 0 Å². The summed E-state index contributed by atoms with van der Waals surface area (Å²) < 4.78 is 0. The first-order chi connectivity index (χ1) is 24.1. The first-order valence-electron chi connectivity index (χ1n) is 16.9. The first kappa shape index (κ1) is 30.2. The van der Waals surface area contributed by atoms with Crippen LogP contribution in [0.1, 0.15) is 11.1 Å². The normalized spacial score (nSPS) is 11.1. The molecule has 1 heteroatoms. The van der Waals surface area contributed by atoms with E-state index in [1.54, 1.807) is 0 Å². The van der Waals surface area contributed by atoms with Gasteiger partial charge in [-0.15, -0.1) is 0 Å². The molecular formula is C48H37N. The summed E-state index contributed by atoms with van der Waals surface area (Å²) in [4.78, 5) is 2.35. The molecule has 0 saturated heterocycles. The molecule has 234 valence electrons. The predicted molar refractivity (Wildman–Crippen MR) is 210 cm³/mol. The molecule has 0 atom stereocenters. The molecule has 0 radical (unpaired) electrons. The van der Waals surface area contributed by atoms with Crippen molar-refractivity contribution in [1.82, 2.24) is 0 Å². The van der Waals surface area contributed by atoms with Gasteiger partial charge in [0.2, 0.25) is 0 Å². The number of aryl methyl sites for hydroxylation is 2. The van der Waals surface area contributed by atoms with E-state index in [2.05, 4.69) is 207 Å². The predicted octanol–water partition coefficient (Wildman–Crippen LogP) is 13.6. The highest BCUT2D eigenvalue weighted by molar-refractivity contribution is 5.97. The van der Waals surface area contributed by atoms with Gasteiger partial charge in [-0.05, 0) is 117 Å². The Hall–Kier alpha value is -6.18. The second-order valence-corrected chi connectivity index (χ2v) is 12.8. The maximum absolute atomic E-state index is 2.35. The Bertz CT molecular complexity index is 2360. The van der Waals surface area contributed by atoms with Crippen LogP contribution in [0.25, 0.3) is 55.3 Å². The molecule has 49 heavy (non-hydrogen) atoms. The van der Waals surface area contributed by atoms with Crippen LogP contribution in [0, 0.1) is 13.8 Å². The number of hydrogen-bond donors (Lipinski definition) is 0. The van der Waals surface area contributed by atoms with Gasteiger partial charge in [0.25, 0.3) is 0 Å². The molecule has 0 heterocycles. The molecule has 1 nitrogen and oxygen atoms in total. The second kappa shape index (κ2) is 13.1. The van der Waals surface area contributed by atoms with E-state index in [1.165, 1.54) is 66.4 Å². The van der Waals surface area contributed by atoms with Gasteiger partial charge < -0.3 is 4.90 Å². The molecule has 0 saturated carbocycles. The number of anilines is 3. The molecule has 0 aliphatic heterocycles. The second-order valence-electron chi connectivity index (χ2n) is 12.8. The van der Waals surface area contributed by atoms with Gasteiger partial charge in [-0.3, -0.25) is 0 Å². The van der Waals surface area contributed by atoms with Crippen molar-refractivity contribution < 1.29 is 0 Å². The topological polar surface area (TPSA) is 3.24 Å². The Morgan fingerprint density at radius 2 is 0.776 bits per heavy atom. The van der Waals surface area contributed by atoms with Crippen LogP contribution in [0.5, 0.6) is 0 Å². The van der Waals surface area contributed by atoms with Crippen LogP contribution < -0.4 is 4.90 Å². The minimum Gasteiger partial charge on any atom is -0.311 e. The van der Waals surface area contributed by atoms with Crippen LogP contribution in [0.4, 0.5) is 17.1 Å². The van der Waals surface area contributed by atoms with Gasteiger partial charge in [-0.25, -0.2) is 0 Å². The van der Waals surface area contributed by atoms with Crippen molar-refractivity contribution in [1.29, 1.82) is 0 Å². The van der Waals surface area contributed by atoms with E-state index in [4.69, 9.17) is 0 Å². The average molecular weight is 628 g/mol. The molecule has 0 fully saturated rings. The van der Waals surface area contributed by atoms with Gasteiger partial charge in [0.15, 0.2) is 0 Å². The summed E-state index contributed by atoms with van der Waals surface area (Å²) in [6.45, 7) is 4.33. The van der Waals surface area contributed by atoms with E-state index in [0.717, 1.165) is 17.1 Å². The minimum atomic E-state index is 1.11. The summed E-state index contributed by atoms with van der Waals surface area (Å²) in [7, 11) is 0. The highest BCUT2D eigenvalue weighted by atomic mass is 15.1. The highest BCUT2D eigenvalue weighted by Gasteiger charge is 2.15. The van der Waals surface area contributed by atoms with Gasteiger partial charge in [-0.1, -0.05) is 151 Å². The van der Waals surface area contributed by atoms with E-state index >= 15 is 0 Å². The lowest BCUT2D eigenvalue weighted by Crippen LogP contribution is -2.09. The summed E-state index contributed by atoms with van der Waals surface area (Å²) in [6.07, 6.45) is 0. The summed E-state index contributed by atoms with van der Waals surface area (Å²) >= 11 is 0. The monoisotopic (exact) mass is 627 g/mol. The van der Waals surface area contributed by atoms with Crippen molar-refractivity contribution in [2.45, 2.75) is 13.8 Å². The van der Waals surface area contributed by atoms with E-state index in [-0.39, 0.29) is 0 Å². The molecule has 0 N–H and O–H groups in total. The van der Waals surface area contributed by atoms with Crippen LogP contribution in [0.3, 0.4) is 0 Å². The lowest BCUT2D eigenvalue weighted by molar-refractivity contribution is 1.28. The molecule has 0 unspecified atom stereocenters. The molecule has 8 rings (SSSR count). The van der Waals surface area contributed by atoms with Crippen molar-refractivity contribution in [2.75, 3.05) is 4.90 Å². The summed E-state index contributed by atoms with van der Waals surface area (Å²) in [6, 6.07) is 68.1. The fraction of sp³-hybridized carbons (Fsp3) is 0.0417. The van der Waals surface area contributed by atoms with Gasteiger partial charge in [0.1, 0.15) is 0 Å². The lowest BCUT2D eigenvalue weighted by Gasteiger charge is -2.26. The molecule has 0 aliphatic carbocycles. The molecule has 8 aromatic rings. The zero-order valence-corrected chi connectivity index (χ0v) is 27.8. The summed E-state index contributed by atoms with van der Waals surface area (Å²) in [5.41, 5.74) is 15.7. The Kier molecular flexibility index (Phi) is 8.09. The van der Waals surface area contributed by atoms with E-state index < -0.39 is 0 Å². The maximum atomic E-state index is 2.35. The van der Waals surface area contributed by atoms with Crippen LogP contribution >= 0.6 is 0 Å². The van der Waals surface area contributed by atoms with Crippen molar-refractivity contribution in [3.8, 4) is 44.5 Å². The van der Waals surface area contributed by atoms with Gasteiger partial charge in [0, 0.05) is 17.1 Å². The SMILES string of the molecule is Cc1cccc(-c2cc(C)cc(-c3ccc(N(c4ccc(-c5ccccc5)cc4)c4ccc(-c5cccc6ccccc56)cc4)cc3)c2)c1. The van der Waals surface area contributed by atoms with Crippen LogP contribution in [0.2, 0.25) is 0 Å². The number of rotatable bonds is 7. The van der Waals surface area contributed by atoms with E-state index in [1.807, 2.05) is 0 Å². The average Bonchev–Trinajstić information content (AvgIpc) is 3.16. The molecule has 0 aromatic heterocycles. The van der Waals surface area contributed by atoms with Gasteiger partial charge in [-0.2, -0.15) is 0 Å². The van der Waals surface area contributed by atoms with E-state index in [9.17, 15) is 0 Å². The minimum absolute atomic E-state index is 1.11. The molecular weight excluding hydrogens is 591 g/mol. The summed E-state index contributed by atoms with van der Waals surface area (Å²) in [5, 5.41) is 2.52. The fourth-order valence-corrected chi connectivity index (χ4v) is 6.89. The van der Waals surface area contributed by atoms with Gasteiger partial charge in [0.05, 0.1) is 0 Å². The summed E-state index contributed by atoms with van der Waals surface area (Å²) in [5.74, 6) is 0. The Morgan fingerprint density at radius 3 is 1.43 bits per heavy atom. The number of nitrogens with zero attached hydrogens (tertiary/aromatic N) is 1. The largest absolute Gasteiger partial charge is 0.311 e. The number of benzene rings is 8. The van der Waals surface area contributed by atoms with Gasteiger partial charge >= 0.3 is 0 Å². The maximum Gasteiger partial charge on any atom is 0.0462 e. The molecule has 0 spiro atoms. The zero-order valence-electron chi connectivity index (χ0n) is 27.8. The lowest BCUT2D eigenvalue weighted by atomic mass is 9.95. The third-order valence-corrected chi connectivity index (χ3v) is 9.35. The third kappa shape index (κ3) is 6.27. The number of fused-ring (bicyclic) bond motifs is 1. The van der Waals surface area contributed by atoms with E-state index in [0.29, 0.717) is 0 Å².